The van der Waals surface area contributed by atoms with Gasteiger partial charge in [0.25, 0.3) is 0 Å². The molecular formula is C18H22FN3O4S. The Morgan fingerprint density at radius 1 is 1.11 bits per heavy atom. The highest BCUT2D eigenvalue weighted by Gasteiger charge is 2.26. The first kappa shape index (κ1) is 19.5. The lowest BCUT2D eigenvalue weighted by Gasteiger charge is -2.29. The number of ether oxygens (including phenoxy) is 2. The molecule has 1 N–H and O–H groups in total. The molecule has 0 bridgehead atoms. The summed E-state index contributed by atoms with van der Waals surface area (Å²) in [5, 5.41) is 0. The lowest BCUT2D eigenvalue weighted by atomic mass is 9.94. The minimum Gasteiger partial charge on any atom is -0.480 e. The summed E-state index contributed by atoms with van der Waals surface area (Å²) in [6.07, 6.45) is 5.75. The number of sulfonamides is 1. The number of hydrogen-bond donors (Lipinski definition) is 1. The van der Waals surface area contributed by atoms with E-state index >= 15 is 0 Å². The normalized spacial score (nSPS) is 20.2. The predicted molar refractivity (Wildman–Crippen MR) is 97.4 cm³/mol. The van der Waals surface area contributed by atoms with Gasteiger partial charge in [-0.1, -0.05) is 12.1 Å². The molecule has 1 heterocycles. The highest BCUT2D eigenvalue weighted by molar-refractivity contribution is 7.88. The summed E-state index contributed by atoms with van der Waals surface area (Å²) in [6, 6.07) is 5.35. The molecule has 0 unspecified atom stereocenters. The van der Waals surface area contributed by atoms with Gasteiger partial charge in [0.1, 0.15) is 11.9 Å². The van der Waals surface area contributed by atoms with E-state index in [9.17, 15) is 12.8 Å². The van der Waals surface area contributed by atoms with Crippen molar-refractivity contribution in [3.05, 3.63) is 48.0 Å². The zero-order valence-corrected chi connectivity index (χ0v) is 15.8. The van der Waals surface area contributed by atoms with Crippen LogP contribution in [0.1, 0.15) is 31.2 Å². The molecule has 7 nitrogen and oxygen atoms in total. The van der Waals surface area contributed by atoms with E-state index in [1.54, 1.807) is 0 Å². The Hall–Kier alpha value is -2.26. The fourth-order valence-electron chi connectivity index (χ4n) is 3.05. The maximum Gasteiger partial charge on any atom is 0.235 e. The number of nitrogens with one attached hydrogen (secondary N) is 1. The van der Waals surface area contributed by atoms with Gasteiger partial charge in [-0.15, -0.1) is 0 Å². The zero-order chi connectivity index (χ0) is 19.3. The van der Waals surface area contributed by atoms with Gasteiger partial charge in [-0.05, 0) is 43.4 Å². The Morgan fingerprint density at radius 2 is 1.78 bits per heavy atom. The van der Waals surface area contributed by atoms with Crippen molar-refractivity contribution >= 4 is 10.0 Å². The second-order valence-electron chi connectivity index (χ2n) is 6.49. The van der Waals surface area contributed by atoms with Gasteiger partial charge in [0.15, 0.2) is 0 Å². The van der Waals surface area contributed by atoms with Crippen molar-refractivity contribution < 1.29 is 22.3 Å². The SMILES string of the molecule is COc1cncc(OC2CCC(NS(=O)(=O)Cc3ccc(F)cc3)CC2)n1. The van der Waals surface area contributed by atoms with Crippen LogP contribution in [-0.4, -0.2) is 37.6 Å². The van der Waals surface area contributed by atoms with Crippen LogP contribution >= 0.6 is 0 Å². The van der Waals surface area contributed by atoms with Crippen LogP contribution in [0.5, 0.6) is 11.8 Å². The van der Waals surface area contributed by atoms with E-state index in [4.69, 9.17) is 9.47 Å². The third-order valence-corrected chi connectivity index (χ3v) is 5.78. The van der Waals surface area contributed by atoms with E-state index < -0.39 is 10.0 Å². The molecule has 146 valence electrons. The molecule has 1 saturated carbocycles. The number of benzene rings is 1. The van der Waals surface area contributed by atoms with E-state index in [0.717, 1.165) is 0 Å². The molecule has 0 saturated heterocycles. The zero-order valence-electron chi connectivity index (χ0n) is 15.0. The molecule has 1 aromatic carbocycles. The second-order valence-corrected chi connectivity index (χ2v) is 8.25. The minimum absolute atomic E-state index is 0.0377. The van der Waals surface area contributed by atoms with Crippen LogP contribution in [0.2, 0.25) is 0 Å². The summed E-state index contributed by atoms with van der Waals surface area (Å²) in [7, 11) is -1.97. The molecule has 3 rings (SSSR count). The highest BCUT2D eigenvalue weighted by Crippen LogP contribution is 2.24. The molecule has 27 heavy (non-hydrogen) atoms. The van der Waals surface area contributed by atoms with E-state index in [1.807, 2.05) is 0 Å². The van der Waals surface area contributed by atoms with Gasteiger partial charge < -0.3 is 9.47 Å². The average Bonchev–Trinajstić information content (AvgIpc) is 2.65. The van der Waals surface area contributed by atoms with E-state index in [2.05, 4.69) is 14.7 Å². The first-order valence-electron chi connectivity index (χ1n) is 8.70. The molecule has 1 aliphatic rings. The van der Waals surface area contributed by atoms with Crippen LogP contribution in [0.25, 0.3) is 0 Å². The summed E-state index contributed by atoms with van der Waals surface area (Å²) < 4.78 is 51.2. The van der Waals surface area contributed by atoms with Gasteiger partial charge in [-0.25, -0.2) is 17.5 Å². The third kappa shape index (κ3) is 5.86. The lowest BCUT2D eigenvalue weighted by Crippen LogP contribution is -2.40. The van der Waals surface area contributed by atoms with Gasteiger partial charge in [0.2, 0.25) is 21.8 Å². The van der Waals surface area contributed by atoms with Crippen molar-refractivity contribution in [1.82, 2.24) is 14.7 Å². The second kappa shape index (κ2) is 8.62. The fourth-order valence-corrected chi connectivity index (χ4v) is 4.51. The smallest absolute Gasteiger partial charge is 0.235 e. The minimum atomic E-state index is -3.48. The summed E-state index contributed by atoms with van der Waals surface area (Å²) in [5.74, 6) is 0.232. The summed E-state index contributed by atoms with van der Waals surface area (Å²) in [4.78, 5) is 8.17. The maximum atomic E-state index is 12.9. The lowest BCUT2D eigenvalue weighted by molar-refractivity contribution is 0.136. The Bertz CT molecular complexity index is 853. The average molecular weight is 395 g/mol. The van der Waals surface area contributed by atoms with Crippen LogP contribution in [0.15, 0.2) is 36.7 Å². The number of methoxy groups -OCH3 is 1. The molecule has 0 atom stereocenters. The van der Waals surface area contributed by atoms with Gasteiger partial charge in [-0.2, -0.15) is 4.98 Å². The standard InChI is InChI=1S/C18H22FN3O4S/c1-25-17-10-20-11-18(21-17)26-16-8-6-15(7-9-16)22-27(23,24)12-13-2-4-14(19)5-3-13/h2-5,10-11,15-16,22H,6-9,12H2,1H3. The molecule has 0 amide bonds. The number of aromatic nitrogens is 2. The van der Waals surface area contributed by atoms with Crippen molar-refractivity contribution in [3.8, 4) is 11.8 Å². The topological polar surface area (TPSA) is 90.4 Å². The van der Waals surface area contributed by atoms with Crippen molar-refractivity contribution in [2.45, 2.75) is 43.6 Å². The van der Waals surface area contributed by atoms with E-state index in [1.165, 1.54) is 43.8 Å². The molecular weight excluding hydrogens is 373 g/mol. The first-order chi connectivity index (χ1) is 12.9. The summed E-state index contributed by atoms with van der Waals surface area (Å²) >= 11 is 0. The molecule has 1 fully saturated rings. The molecule has 1 aliphatic carbocycles. The number of nitrogens with zero attached hydrogens (tertiary/aromatic N) is 2. The van der Waals surface area contributed by atoms with Gasteiger partial charge >= 0.3 is 0 Å². The van der Waals surface area contributed by atoms with Gasteiger partial charge in [0, 0.05) is 6.04 Å². The predicted octanol–water partition coefficient (Wildman–Crippen LogP) is 2.43. The number of rotatable bonds is 7. The molecule has 0 aliphatic heterocycles. The Labute approximate surface area is 158 Å². The van der Waals surface area contributed by atoms with Crippen LogP contribution < -0.4 is 14.2 Å². The quantitative estimate of drug-likeness (QED) is 0.774. The Morgan fingerprint density at radius 3 is 2.44 bits per heavy atom. The van der Waals surface area contributed by atoms with Gasteiger partial charge in [-0.3, -0.25) is 4.98 Å². The highest BCUT2D eigenvalue weighted by atomic mass is 32.2. The van der Waals surface area contributed by atoms with Crippen molar-refractivity contribution in [1.29, 1.82) is 0 Å². The first-order valence-corrected chi connectivity index (χ1v) is 10.4. The van der Waals surface area contributed by atoms with Crippen LogP contribution in [-0.2, 0) is 15.8 Å². The Kier molecular flexibility index (Phi) is 6.22. The van der Waals surface area contributed by atoms with Crippen molar-refractivity contribution in [3.63, 3.8) is 0 Å². The number of hydrogen-bond acceptors (Lipinski definition) is 6. The summed E-state index contributed by atoms with van der Waals surface area (Å²) in [5.41, 5.74) is 0.553. The molecule has 0 spiro atoms. The van der Waals surface area contributed by atoms with Crippen LogP contribution in [0.4, 0.5) is 4.39 Å². The molecule has 9 heteroatoms. The van der Waals surface area contributed by atoms with E-state index in [0.29, 0.717) is 43.0 Å². The molecule has 1 aromatic heterocycles. The number of halogens is 1. The van der Waals surface area contributed by atoms with E-state index in [-0.39, 0.29) is 23.7 Å². The molecule has 0 radical (unpaired) electrons. The van der Waals surface area contributed by atoms with Crippen LogP contribution in [0.3, 0.4) is 0 Å². The third-order valence-electron chi connectivity index (χ3n) is 4.38. The largest absolute Gasteiger partial charge is 0.480 e. The Balaban J connectivity index is 1.49. The van der Waals surface area contributed by atoms with Crippen molar-refractivity contribution in [2.24, 2.45) is 0 Å². The van der Waals surface area contributed by atoms with Crippen molar-refractivity contribution in [2.75, 3.05) is 7.11 Å². The monoisotopic (exact) mass is 395 g/mol. The fraction of sp³-hybridized carbons (Fsp3) is 0.444. The molecule has 2 aromatic rings. The summed E-state index contributed by atoms with van der Waals surface area (Å²) in [6.45, 7) is 0. The van der Waals surface area contributed by atoms with Gasteiger partial charge in [0.05, 0.1) is 25.3 Å². The maximum absolute atomic E-state index is 12.9. The van der Waals surface area contributed by atoms with Crippen LogP contribution in [0, 0.1) is 5.82 Å².